The summed E-state index contributed by atoms with van der Waals surface area (Å²) in [7, 11) is 0. The molecule has 3 aromatic carbocycles. The molecule has 1 aromatic heterocycles. The second kappa shape index (κ2) is 13.4. The van der Waals surface area contributed by atoms with Crippen LogP contribution < -0.4 is 10.2 Å². The maximum atomic E-state index is 12.8. The number of aliphatic hydroxyl groups excluding tert-OH is 1. The Hall–Kier alpha value is -4.15. The summed E-state index contributed by atoms with van der Waals surface area (Å²) in [4.78, 5) is 26.3. The van der Waals surface area contributed by atoms with Crippen LogP contribution in [-0.2, 0) is 16.1 Å². The number of hydrogen-bond donors (Lipinski definition) is 2. The lowest BCUT2D eigenvalue weighted by Crippen LogP contribution is -2.51. The van der Waals surface area contributed by atoms with Crippen LogP contribution in [-0.4, -0.2) is 64.7 Å². The van der Waals surface area contributed by atoms with Crippen LogP contribution in [0.3, 0.4) is 0 Å². The fourth-order valence-electron chi connectivity index (χ4n) is 5.72. The van der Waals surface area contributed by atoms with Crippen molar-refractivity contribution in [1.29, 1.82) is 0 Å². The molecule has 9 nitrogen and oxygen atoms in total. The van der Waals surface area contributed by atoms with Crippen LogP contribution in [0.15, 0.2) is 97.3 Å². The monoisotopic (exact) mass is 579 g/mol. The van der Waals surface area contributed by atoms with E-state index in [1.165, 1.54) is 0 Å². The van der Waals surface area contributed by atoms with Gasteiger partial charge in [-0.2, -0.15) is 0 Å². The first-order valence-electron chi connectivity index (χ1n) is 14.8. The standard InChI is InChI=1S/C34H37N5O4/c1-24-30(22-38-17-19-39(20-18-38)34-35-15-6-16-36-34)42-33(43-31(24)26-13-11-25(23-40)12-14-26)28-9-5-10-29(21-28)37-32(41)27-7-3-2-4-8-27/h2-16,21,24,30-31,33,40H,17-20,22-23H2,1H3,(H,37,41). The zero-order valence-electron chi connectivity index (χ0n) is 24.3. The highest BCUT2D eigenvalue weighted by Gasteiger charge is 2.39. The molecule has 0 bridgehead atoms. The zero-order valence-corrected chi connectivity index (χ0v) is 24.3. The Morgan fingerprint density at radius 1 is 0.884 bits per heavy atom. The molecular formula is C34H37N5O4. The van der Waals surface area contributed by atoms with Gasteiger partial charge in [0, 0.05) is 67.8 Å². The number of piperazine rings is 1. The van der Waals surface area contributed by atoms with Gasteiger partial charge in [-0.25, -0.2) is 9.97 Å². The lowest BCUT2D eigenvalue weighted by Gasteiger charge is -2.44. The molecule has 2 aliphatic rings. The number of rotatable bonds is 8. The second-order valence-electron chi connectivity index (χ2n) is 11.1. The van der Waals surface area contributed by atoms with Crippen molar-refractivity contribution in [2.75, 3.05) is 42.9 Å². The Kier molecular flexibility index (Phi) is 9.04. The second-order valence-corrected chi connectivity index (χ2v) is 11.1. The predicted octanol–water partition coefficient (Wildman–Crippen LogP) is 4.83. The molecule has 0 aliphatic carbocycles. The molecule has 1 amide bonds. The van der Waals surface area contributed by atoms with Gasteiger partial charge in [0.05, 0.1) is 18.8 Å². The molecule has 0 saturated carbocycles. The summed E-state index contributed by atoms with van der Waals surface area (Å²) in [5.74, 6) is 0.674. The summed E-state index contributed by atoms with van der Waals surface area (Å²) in [5, 5.41) is 12.6. The van der Waals surface area contributed by atoms with E-state index in [1.807, 2.05) is 72.8 Å². The van der Waals surface area contributed by atoms with Gasteiger partial charge in [0.2, 0.25) is 5.95 Å². The van der Waals surface area contributed by atoms with Crippen LogP contribution in [0.5, 0.6) is 0 Å². The van der Waals surface area contributed by atoms with Crippen molar-refractivity contribution in [3.05, 3.63) is 120 Å². The van der Waals surface area contributed by atoms with Gasteiger partial charge in [0.15, 0.2) is 6.29 Å². The maximum absolute atomic E-state index is 12.8. The summed E-state index contributed by atoms with van der Waals surface area (Å²) >= 11 is 0. The van der Waals surface area contributed by atoms with Gasteiger partial charge >= 0.3 is 0 Å². The van der Waals surface area contributed by atoms with E-state index in [0.717, 1.165) is 55.4 Å². The molecule has 9 heteroatoms. The number of aromatic nitrogens is 2. The number of carbonyl (C=O) groups excluding carboxylic acids is 1. The highest BCUT2D eigenvalue weighted by molar-refractivity contribution is 6.04. The van der Waals surface area contributed by atoms with Crippen LogP contribution in [0.4, 0.5) is 11.6 Å². The van der Waals surface area contributed by atoms with Gasteiger partial charge in [-0.15, -0.1) is 0 Å². The van der Waals surface area contributed by atoms with Crippen molar-refractivity contribution in [3.8, 4) is 0 Å². The van der Waals surface area contributed by atoms with Crippen LogP contribution in [0.1, 0.15) is 46.4 Å². The van der Waals surface area contributed by atoms with Crippen molar-refractivity contribution in [2.45, 2.75) is 32.0 Å². The summed E-state index contributed by atoms with van der Waals surface area (Å²) in [6.45, 7) is 6.40. The van der Waals surface area contributed by atoms with Crippen LogP contribution >= 0.6 is 0 Å². The van der Waals surface area contributed by atoms with Gasteiger partial charge in [-0.3, -0.25) is 9.69 Å². The van der Waals surface area contributed by atoms with E-state index in [0.29, 0.717) is 11.3 Å². The highest BCUT2D eigenvalue weighted by atomic mass is 16.7. The Bertz CT molecular complexity index is 1480. The first-order valence-corrected chi connectivity index (χ1v) is 14.8. The number of anilines is 2. The van der Waals surface area contributed by atoms with Crippen molar-refractivity contribution in [1.82, 2.24) is 14.9 Å². The van der Waals surface area contributed by atoms with E-state index in [2.05, 4.69) is 32.0 Å². The Morgan fingerprint density at radius 2 is 1.63 bits per heavy atom. The molecule has 3 heterocycles. The van der Waals surface area contributed by atoms with E-state index < -0.39 is 6.29 Å². The summed E-state index contributed by atoms with van der Waals surface area (Å²) in [6, 6.07) is 26.6. The number of benzene rings is 3. The molecule has 4 atom stereocenters. The number of hydrogen-bond acceptors (Lipinski definition) is 8. The molecule has 4 aromatic rings. The molecule has 6 rings (SSSR count). The average molecular weight is 580 g/mol. The largest absolute Gasteiger partial charge is 0.392 e. The lowest BCUT2D eigenvalue weighted by molar-refractivity contribution is -0.276. The quantitative estimate of drug-likeness (QED) is 0.306. The number of aliphatic hydroxyl groups is 1. The minimum Gasteiger partial charge on any atom is -0.392 e. The summed E-state index contributed by atoms with van der Waals surface area (Å²) in [5.41, 5.74) is 4.01. The molecule has 2 aliphatic heterocycles. The number of carbonyl (C=O) groups is 1. The van der Waals surface area contributed by atoms with E-state index >= 15 is 0 Å². The zero-order chi connectivity index (χ0) is 29.6. The lowest BCUT2D eigenvalue weighted by atomic mass is 9.90. The van der Waals surface area contributed by atoms with Gasteiger partial charge in [-0.1, -0.05) is 61.5 Å². The number of nitrogens with zero attached hydrogens (tertiary/aromatic N) is 4. The third-order valence-corrected chi connectivity index (χ3v) is 8.22. The smallest absolute Gasteiger partial charge is 0.255 e. The number of amides is 1. The Balaban J connectivity index is 1.20. The molecule has 4 unspecified atom stereocenters. The normalized spacial score (nSPS) is 22.7. The fraction of sp³-hybridized carbons (Fsp3) is 0.324. The van der Waals surface area contributed by atoms with Crippen molar-refractivity contribution in [2.24, 2.45) is 5.92 Å². The third kappa shape index (κ3) is 6.92. The first kappa shape index (κ1) is 28.9. The SMILES string of the molecule is CC1C(CN2CCN(c3ncccn3)CC2)OC(c2cccc(NC(=O)c3ccccc3)c2)OC1c1ccc(CO)cc1. The first-order chi connectivity index (χ1) is 21.1. The number of ether oxygens (including phenoxy) is 2. The van der Waals surface area contributed by atoms with Gasteiger partial charge < -0.3 is 24.8 Å². The molecule has 0 spiro atoms. The Morgan fingerprint density at radius 3 is 2.35 bits per heavy atom. The maximum Gasteiger partial charge on any atom is 0.255 e. The van der Waals surface area contributed by atoms with E-state index in [-0.39, 0.29) is 30.6 Å². The molecular weight excluding hydrogens is 542 g/mol. The van der Waals surface area contributed by atoms with Crippen LogP contribution in [0.2, 0.25) is 0 Å². The number of nitrogens with one attached hydrogen (secondary N) is 1. The molecule has 43 heavy (non-hydrogen) atoms. The van der Waals surface area contributed by atoms with Crippen molar-refractivity contribution < 1.29 is 19.4 Å². The van der Waals surface area contributed by atoms with Crippen LogP contribution in [0, 0.1) is 5.92 Å². The van der Waals surface area contributed by atoms with Gasteiger partial charge in [0.1, 0.15) is 0 Å². The van der Waals surface area contributed by atoms with E-state index in [9.17, 15) is 9.90 Å². The van der Waals surface area contributed by atoms with E-state index in [4.69, 9.17) is 9.47 Å². The van der Waals surface area contributed by atoms with Gasteiger partial charge in [-0.05, 0) is 41.5 Å². The van der Waals surface area contributed by atoms with Crippen molar-refractivity contribution >= 4 is 17.5 Å². The minimum absolute atomic E-state index is 0.00277. The highest BCUT2D eigenvalue weighted by Crippen LogP contribution is 2.42. The molecule has 2 fully saturated rings. The van der Waals surface area contributed by atoms with Crippen LogP contribution in [0.25, 0.3) is 0 Å². The molecule has 2 saturated heterocycles. The fourth-order valence-corrected chi connectivity index (χ4v) is 5.72. The summed E-state index contributed by atoms with van der Waals surface area (Å²) in [6.07, 6.45) is 2.64. The minimum atomic E-state index is -0.615. The topological polar surface area (TPSA) is 100 Å². The molecule has 0 radical (unpaired) electrons. The molecule has 222 valence electrons. The van der Waals surface area contributed by atoms with E-state index in [1.54, 1.807) is 24.5 Å². The van der Waals surface area contributed by atoms with Gasteiger partial charge in [0.25, 0.3) is 5.91 Å². The average Bonchev–Trinajstić information content (AvgIpc) is 3.07. The third-order valence-electron chi connectivity index (χ3n) is 8.22. The summed E-state index contributed by atoms with van der Waals surface area (Å²) < 4.78 is 13.3. The molecule has 2 N–H and O–H groups in total. The predicted molar refractivity (Wildman–Crippen MR) is 164 cm³/mol. The Labute approximate surface area is 252 Å². The van der Waals surface area contributed by atoms with Crippen molar-refractivity contribution in [3.63, 3.8) is 0 Å².